The number of amides is 3. The van der Waals surface area contributed by atoms with Crippen LogP contribution >= 0.6 is 23.1 Å². The first-order chi connectivity index (χ1) is 17.5. The Labute approximate surface area is 215 Å². The van der Waals surface area contributed by atoms with Crippen molar-refractivity contribution >= 4 is 57.5 Å². The lowest BCUT2D eigenvalue weighted by Gasteiger charge is -2.35. The second kappa shape index (κ2) is 10.7. The summed E-state index contributed by atoms with van der Waals surface area (Å²) < 4.78 is 5.63. The SMILES string of the molecule is Cc1cc(NC(=O)CSc2nnc(N3CCN(C(=O)C4CC(=O)N(c5ccccc5)C4)CC3)s2)no1. The molecule has 1 N–H and O–H groups in total. The molecule has 1 aromatic carbocycles. The van der Waals surface area contributed by atoms with Crippen molar-refractivity contribution in [3.05, 3.63) is 42.2 Å². The highest BCUT2D eigenvalue weighted by Gasteiger charge is 2.38. The normalized spacial score (nSPS) is 18.1. The summed E-state index contributed by atoms with van der Waals surface area (Å²) >= 11 is 2.73. The molecule has 2 aliphatic heterocycles. The van der Waals surface area contributed by atoms with Gasteiger partial charge in [0.15, 0.2) is 10.2 Å². The topological polar surface area (TPSA) is 125 Å². The van der Waals surface area contributed by atoms with Gasteiger partial charge in [-0.05, 0) is 19.1 Å². The van der Waals surface area contributed by atoms with Crippen LogP contribution in [0.5, 0.6) is 0 Å². The van der Waals surface area contributed by atoms with Gasteiger partial charge in [0.1, 0.15) is 5.76 Å². The van der Waals surface area contributed by atoms with E-state index in [0.29, 0.717) is 48.6 Å². The fraction of sp³-hybridized carbons (Fsp3) is 0.391. The van der Waals surface area contributed by atoms with Crippen LogP contribution in [0.1, 0.15) is 12.2 Å². The first-order valence-corrected chi connectivity index (χ1v) is 13.3. The van der Waals surface area contributed by atoms with E-state index in [9.17, 15) is 14.4 Å². The highest BCUT2D eigenvalue weighted by molar-refractivity contribution is 8.01. The molecule has 3 amide bonds. The van der Waals surface area contributed by atoms with Gasteiger partial charge in [0.25, 0.3) is 0 Å². The van der Waals surface area contributed by atoms with E-state index in [4.69, 9.17) is 4.52 Å². The summed E-state index contributed by atoms with van der Waals surface area (Å²) in [4.78, 5) is 43.3. The minimum Gasteiger partial charge on any atom is -0.360 e. The van der Waals surface area contributed by atoms with Crippen molar-refractivity contribution in [2.24, 2.45) is 5.92 Å². The van der Waals surface area contributed by atoms with Gasteiger partial charge in [-0.2, -0.15) is 0 Å². The molecular formula is C23H25N7O4S2. The van der Waals surface area contributed by atoms with E-state index in [1.54, 1.807) is 17.9 Å². The molecule has 5 rings (SSSR count). The number of hydrogen-bond acceptors (Lipinski definition) is 10. The molecule has 0 aliphatic carbocycles. The Bertz CT molecular complexity index is 1240. The van der Waals surface area contributed by atoms with Gasteiger partial charge in [0, 0.05) is 50.9 Å². The average Bonchev–Trinajstić information content (AvgIpc) is 3.63. The van der Waals surface area contributed by atoms with Crippen molar-refractivity contribution in [2.75, 3.05) is 53.6 Å². The van der Waals surface area contributed by atoms with Gasteiger partial charge in [0.2, 0.25) is 22.9 Å². The zero-order valence-corrected chi connectivity index (χ0v) is 21.3. The standard InChI is InChI=1S/C23H25N7O4S2/c1-15-11-18(27-34-15)24-19(31)14-35-23-26-25-22(36-23)29-9-7-28(8-10-29)21(33)16-12-20(32)30(13-16)17-5-3-2-4-6-17/h2-6,11,16H,7-10,12-14H2,1H3,(H,24,27,31). The molecule has 13 heteroatoms. The van der Waals surface area contributed by atoms with Crippen molar-refractivity contribution in [1.29, 1.82) is 0 Å². The molecule has 3 aromatic rings. The fourth-order valence-electron chi connectivity index (χ4n) is 4.23. The summed E-state index contributed by atoms with van der Waals surface area (Å²) in [6.45, 7) is 4.58. The summed E-state index contributed by atoms with van der Waals surface area (Å²) in [5.41, 5.74) is 0.832. The van der Waals surface area contributed by atoms with E-state index in [-0.39, 0.29) is 35.8 Å². The van der Waals surface area contributed by atoms with Crippen LogP contribution in [0.25, 0.3) is 0 Å². The Morgan fingerprint density at radius 2 is 1.94 bits per heavy atom. The van der Waals surface area contributed by atoms with Gasteiger partial charge < -0.3 is 24.5 Å². The lowest BCUT2D eigenvalue weighted by atomic mass is 10.1. The van der Waals surface area contributed by atoms with Crippen LogP contribution in [0, 0.1) is 12.8 Å². The quantitative estimate of drug-likeness (QED) is 0.461. The minimum absolute atomic E-state index is 0.0121. The summed E-state index contributed by atoms with van der Waals surface area (Å²) in [5, 5.41) is 15.6. The third-order valence-corrected chi connectivity index (χ3v) is 8.14. The number of nitrogens with zero attached hydrogens (tertiary/aromatic N) is 6. The second-order valence-corrected chi connectivity index (χ2v) is 10.7. The van der Waals surface area contributed by atoms with E-state index < -0.39 is 0 Å². The molecule has 0 radical (unpaired) electrons. The third kappa shape index (κ3) is 5.51. The van der Waals surface area contributed by atoms with Crippen LogP contribution in [-0.2, 0) is 14.4 Å². The number of aromatic nitrogens is 3. The zero-order chi connectivity index (χ0) is 25.1. The highest BCUT2D eigenvalue weighted by Crippen LogP contribution is 2.30. The average molecular weight is 528 g/mol. The molecule has 2 saturated heterocycles. The number of carbonyl (C=O) groups is 3. The number of piperazine rings is 1. The predicted octanol–water partition coefficient (Wildman–Crippen LogP) is 2.27. The molecule has 2 aliphatic rings. The largest absolute Gasteiger partial charge is 0.360 e. The number of aryl methyl sites for hydroxylation is 1. The molecule has 2 aromatic heterocycles. The minimum atomic E-state index is -0.318. The van der Waals surface area contributed by atoms with Crippen LogP contribution in [0.15, 0.2) is 45.3 Å². The van der Waals surface area contributed by atoms with Crippen LogP contribution in [0.3, 0.4) is 0 Å². The Balaban J connectivity index is 1.09. The molecule has 0 saturated carbocycles. The summed E-state index contributed by atoms with van der Waals surface area (Å²) in [6.07, 6.45) is 0.245. The van der Waals surface area contributed by atoms with Crippen LogP contribution in [0.4, 0.5) is 16.6 Å². The Morgan fingerprint density at radius 3 is 2.67 bits per heavy atom. The molecule has 4 heterocycles. The third-order valence-electron chi connectivity index (χ3n) is 6.02. The molecular weight excluding hydrogens is 502 g/mol. The maximum atomic E-state index is 13.1. The molecule has 11 nitrogen and oxygen atoms in total. The molecule has 188 valence electrons. The lowest BCUT2D eigenvalue weighted by Crippen LogP contribution is -2.50. The van der Waals surface area contributed by atoms with Crippen LogP contribution in [-0.4, -0.2) is 76.5 Å². The highest BCUT2D eigenvalue weighted by atomic mass is 32.2. The lowest BCUT2D eigenvalue weighted by molar-refractivity contribution is -0.136. The van der Waals surface area contributed by atoms with Crippen molar-refractivity contribution in [2.45, 2.75) is 17.7 Å². The number of anilines is 3. The van der Waals surface area contributed by atoms with Gasteiger partial charge in [-0.1, -0.05) is 46.5 Å². The molecule has 36 heavy (non-hydrogen) atoms. The maximum Gasteiger partial charge on any atom is 0.236 e. The molecule has 0 bridgehead atoms. The summed E-state index contributed by atoms with van der Waals surface area (Å²) in [6, 6.07) is 11.1. The zero-order valence-electron chi connectivity index (χ0n) is 19.6. The van der Waals surface area contributed by atoms with Gasteiger partial charge in [-0.15, -0.1) is 10.2 Å². The van der Waals surface area contributed by atoms with E-state index in [0.717, 1.165) is 10.8 Å². The fourth-order valence-corrected chi connectivity index (χ4v) is 5.92. The first-order valence-electron chi connectivity index (χ1n) is 11.5. The number of nitrogens with one attached hydrogen (secondary N) is 1. The second-order valence-electron chi connectivity index (χ2n) is 8.56. The van der Waals surface area contributed by atoms with E-state index in [2.05, 4.69) is 25.6 Å². The number of benzene rings is 1. The van der Waals surface area contributed by atoms with Crippen LogP contribution < -0.4 is 15.1 Å². The monoisotopic (exact) mass is 527 g/mol. The predicted molar refractivity (Wildman–Crippen MR) is 136 cm³/mol. The van der Waals surface area contributed by atoms with Gasteiger partial charge >= 0.3 is 0 Å². The number of hydrogen-bond donors (Lipinski definition) is 1. The summed E-state index contributed by atoms with van der Waals surface area (Å²) in [7, 11) is 0. The number of para-hydroxylation sites is 1. The van der Waals surface area contributed by atoms with Gasteiger partial charge in [0.05, 0.1) is 11.7 Å². The van der Waals surface area contributed by atoms with Crippen molar-refractivity contribution in [1.82, 2.24) is 20.3 Å². The maximum absolute atomic E-state index is 13.1. The Kier molecular flexibility index (Phi) is 7.18. The molecule has 2 fully saturated rings. The number of rotatable bonds is 7. The molecule has 1 atom stereocenters. The summed E-state index contributed by atoms with van der Waals surface area (Å²) in [5.74, 6) is 0.695. The number of carbonyl (C=O) groups excluding carboxylic acids is 3. The van der Waals surface area contributed by atoms with Crippen molar-refractivity contribution in [3.63, 3.8) is 0 Å². The first kappa shape index (κ1) is 24.3. The van der Waals surface area contributed by atoms with Crippen molar-refractivity contribution in [3.8, 4) is 0 Å². The van der Waals surface area contributed by atoms with Crippen LogP contribution in [0.2, 0.25) is 0 Å². The smallest absolute Gasteiger partial charge is 0.236 e. The molecule has 1 unspecified atom stereocenters. The van der Waals surface area contributed by atoms with Gasteiger partial charge in [-0.25, -0.2) is 0 Å². The van der Waals surface area contributed by atoms with E-state index in [1.807, 2.05) is 35.2 Å². The van der Waals surface area contributed by atoms with Gasteiger partial charge in [-0.3, -0.25) is 14.4 Å². The Morgan fingerprint density at radius 1 is 1.17 bits per heavy atom. The Hall–Kier alpha value is -3.45. The van der Waals surface area contributed by atoms with Crippen molar-refractivity contribution < 1.29 is 18.9 Å². The van der Waals surface area contributed by atoms with E-state index in [1.165, 1.54) is 23.1 Å². The van der Waals surface area contributed by atoms with E-state index >= 15 is 0 Å². The molecule has 0 spiro atoms. The number of thioether (sulfide) groups is 1.